The molecule has 102 valence electrons. The van der Waals surface area contributed by atoms with Crippen molar-refractivity contribution in [1.82, 2.24) is 9.78 Å². The van der Waals surface area contributed by atoms with Gasteiger partial charge in [-0.3, -0.25) is 0 Å². The molecule has 10 heteroatoms. The summed E-state index contributed by atoms with van der Waals surface area (Å²) in [7, 11) is 0. The first-order valence-electron chi connectivity index (χ1n) is 5.10. The van der Waals surface area contributed by atoms with Gasteiger partial charge in [-0.1, -0.05) is 11.5 Å². The van der Waals surface area contributed by atoms with E-state index in [4.69, 9.17) is 0 Å². The van der Waals surface area contributed by atoms with Gasteiger partial charge in [-0.25, -0.2) is 4.68 Å². The van der Waals surface area contributed by atoms with Crippen LogP contribution in [0, 0.1) is 0 Å². The van der Waals surface area contributed by atoms with Crippen LogP contribution in [-0.4, -0.2) is 16.8 Å². The Morgan fingerprint density at radius 1 is 1.10 bits per heavy atom. The summed E-state index contributed by atoms with van der Waals surface area (Å²) >= 11 is 0. The fourth-order valence-electron chi connectivity index (χ4n) is 1.47. The number of benzene rings is 1. The van der Waals surface area contributed by atoms with Crippen molar-refractivity contribution in [3.63, 3.8) is 0 Å². The molecule has 2 rings (SSSR count). The van der Waals surface area contributed by atoms with Gasteiger partial charge in [0.25, 0.3) is 0 Å². The second-order valence-corrected chi connectivity index (χ2v) is 3.84. The molecule has 1 heterocycles. The number of hydrogen-bond acceptors (Lipinski definition) is 1. The van der Waals surface area contributed by atoms with Crippen LogP contribution < -0.4 is 56.8 Å². The number of rotatable bonds is 2. The van der Waals surface area contributed by atoms with Crippen molar-refractivity contribution in [2.45, 2.75) is 6.18 Å². The van der Waals surface area contributed by atoms with Crippen LogP contribution in [0.5, 0.6) is 0 Å². The maximum atomic E-state index is 12.5. The molecule has 1 aromatic carbocycles. The van der Waals surface area contributed by atoms with E-state index < -0.39 is 24.2 Å². The number of aromatic nitrogens is 2. The van der Waals surface area contributed by atoms with Crippen molar-refractivity contribution in [1.29, 1.82) is 0 Å². The Bertz CT molecular complexity index is 592. The zero-order valence-corrected chi connectivity index (χ0v) is 13.3. The molecule has 0 unspecified atom stereocenters. The number of nitrogens with zero attached hydrogens (tertiary/aromatic N) is 2. The van der Waals surface area contributed by atoms with Crippen LogP contribution in [-0.2, 0) is 6.18 Å². The molecule has 0 saturated heterocycles. The van der Waals surface area contributed by atoms with Gasteiger partial charge in [0.15, 0.2) is 0 Å². The SMILES string of the molecule is F[B-](F)(F)c1cnn(-c2cccc(C(F)(F)F)c2)c1.[K+]. The van der Waals surface area contributed by atoms with Crippen molar-refractivity contribution in [2.24, 2.45) is 0 Å². The summed E-state index contributed by atoms with van der Waals surface area (Å²) in [4.78, 5) is 0. The van der Waals surface area contributed by atoms with Crippen LogP contribution in [0.15, 0.2) is 36.7 Å². The zero-order valence-electron chi connectivity index (χ0n) is 10.2. The van der Waals surface area contributed by atoms with E-state index in [1.54, 1.807) is 0 Å². The van der Waals surface area contributed by atoms with Crippen molar-refractivity contribution in [2.75, 3.05) is 0 Å². The predicted octanol–water partition coefficient (Wildman–Crippen LogP) is -0.0505. The largest absolute Gasteiger partial charge is 1.00 e. The summed E-state index contributed by atoms with van der Waals surface area (Å²) in [6.07, 6.45) is -3.31. The molecule has 0 spiro atoms. The molecule has 0 atom stereocenters. The van der Waals surface area contributed by atoms with Crippen LogP contribution in [0.1, 0.15) is 5.56 Å². The van der Waals surface area contributed by atoms with Gasteiger partial charge in [0.2, 0.25) is 0 Å². The Morgan fingerprint density at radius 3 is 2.25 bits per heavy atom. The minimum absolute atomic E-state index is 0. The second kappa shape index (κ2) is 6.22. The van der Waals surface area contributed by atoms with Crippen LogP contribution in [0.3, 0.4) is 0 Å². The standard InChI is InChI=1S/C10H6BF6N2.K/c12-10(13,14)7-2-1-3-9(4-7)19-6-8(5-18-19)11(15,16)17;/h1-6H;/q-1;+1. The Balaban J connectivity index is 0.00000200. The van der Waals surface area contributed by atoms with Crippen LogP contribution in [0.4, 0.5) is 26.1 Å². The molecule has 0 fully saturated rings. The van der Waals surface area contributed by atoms with E-state index in [1.165, 1.54) is 6.07 Å². The Kier molecular flexibility index (Phi) is 5.53. The number of halogens is 6. The summed E-state index contributed by atoms with van der Waals surface area (Å²) in [5, 5.41) is 3.42. The van der Waals surface area contributed by atoms with Crippen molar-refractivity contribution in [3.05, 3.63) is 42.2 Å². The summed E-state index contributed by atoms with van der Waals surface area (Å²) in [5.41, 5.74) is -1.99. The second-order valence-electron chi connectivity index (χ2n) is 3.84. The Hall–Kier alpha value is -0.289. The maximum Gasteiger partial charge on any atom is 1.00 e. The van der Waals surface area contributed by atoms with E-state index in [9.17, 15) is 26.1 Å². The average molecular weight is 318 g/mol. The van der Waals surface area contributed by atoms with Gasteiger partial charge >= 0.3 is 64.5 Å². The van der Waals surface area contributed by atoms with Crippen LogP contribution >= 0.6 is 0 Å². The van der Waals surface area contributed by atoms with E-state index in [0.29, 0.717) is 12.4 Å². The van der Waals surface area contributed by atoms with E-state index in [1.807, 2.05) is 0 Å². The molecule has 2 aromatic rings. The molecule has 2 nitrogen and oxygen atoms in total. The molecular weight excluding hydrogens is 312 g/mol. The first-order valence-corrected chi connectivity index (χ1v) is 5.10. The van der Waals surface area contributed by atoms with Gasteiger partial charge < -0.3 is 12.9 Å². The maximum absolute atomic E-state index is 12.5. The van der Waals surface area contributed by atoms with Gasteiger partial charge in [-0.05, 0) is 18.2 Å². The minimum atomic E-state index is -5.22. The average Bonchev–Trinajstić information content (AvgIpc) is 2.77. The molecule has 0 aliphatic rings. The fourth-order valence-corrected chi connectivity index (χ4v) is 1.47. The molecule has 20 heavy (non-hydrogen) atoms. The molecule has 0 amide bonds. The number of alkyl halides is 3. The Morgan fingerprint density at radius 2 is 1.75 bits per heavy atom. The number of hydrogen-bond donors (Lipinski definition) is 0. The van der Waals surface area contributed by atoms with E-state index in [0.717, 1.165) is 22.9 Å². The molecule has 0 saturated carbocycles. The van der Waals surface area contributed by atoms with Gasteiger partial charge in [-0.2, -0.15) is 18.3 Å². The van der Waals surface area contributed by atoms with Crippen molar-refractivity contribution in [3.8, 4) is 5.69 Å². The third kappa shape index (κ3) is 4.11. The fraction of sp³-hybridized carbons (Fsp3) is 0.100. The predicted molar refractivity (Wildman–Crippen MR) is 57.3 cm³/mol. The van der Waals surface area contributed by atoms with Crippen LogP contribution in [0.2, 0.25) is 0 Å². The van der Waals surface area contributed by atoms with Gasteiger partial charge in [0.05, 0.1) is 11.3 Å². The quantitative estimate of drug-likeness (QED) is 0.561. The zero-order chi connectivity index (χ0) is 14.3. The van der Waals surface area contributed by atoms with E-state index in [-0.39, 0.29) is 57.1 Å². The first kappa shape index (κ1) is 17.8. The molecule has 0 radical (unpaired) electrons. The summed E-state index contributed by atoms with van der Waals surface area (Å²) in [6, 6.07) is 3.93. The Labute approximate surface area is 152 Å². The van der Waals surface area contributed by atoms with Crippen LogP contribution in [0.25, 0.3) is 5.69 Å². The molecule has 0 aliphatic carbocycles. The van der Waals surface area contributed by atoms with Crippen molar-refractivity contribution < 1.29 is 77.5 Å². The monoisotopic (exact) mass is 318 g/mol. The van der Waals surface area contributed by atoms with Gasteiger partial charge in [-0.15, -0.1) is 0 Å². The summed E-state index contributed by atoms with van der Waals surface area (Å²) in [5.74, 6) is 0. The molecule has 0 aliphatic heterocycles. The van der Waals surface area contributed by atoms with Gasteiger partial charge in [0, 0.05) is 12.4 Å². The third-order valence-electron chi connectivity index (χ3n) is 2.42. The smallest absolute Gasteiger partial charge is 0.445 e. The third-order valence-corrected chi connectivity index (χ3v) is 2.42. The summed E-state index contributed by atoms with van der Waals surface area (Å²) < 4.78 is 75.4. The summed E-state index contributed by atoms with van der Waals surface area (Å²) in [6.45, 7) is -5.22. The first-order chi connectivity index (χ1) is 8.68. The normalized spacial score (nSPS) is 12.1. The molecular formula is C10H6BF6KN2. The minimum Gasteiger partial charge on any atom is -0.445 e. The van der Waals surface area contributed by atoms with Gasteiger partial charge in [0.1, 0.15) is 0 Å². The topological polar surface area (TPSA) is 17.8 Å². The van der Waals surface area contributed by atoms with E-state index in [2.05, 4.69) is 5.10 Å². The van der Waals surface area contributed by atoms with E-state index >= 15 is 0 Å². The molecule has 0 bridgehead atoms. The molecule has 1 aromatic heterocycles. The molecule has 0 N–H and O–H groups in total. The van der Waals surface area contributed by atoms with Crippen molar-refractivity contribution >= 4 is 12.4 Å².